The van der Waals surface area contributed by atoms with Crippen LogP contribution in [0.15, 0.2) is 18.2 Å². The largest absolute Gasteiger partial charge is 0.497 e. The molecular formula is C32H46N6O6. The van der Waals surface area contributed by atoms with Crippen LogP contribution in [0.2, 0.25) is 0 Å². The van der Waals surface area contributed by atoms with Crippen LogP contribution < -0.4 is 15.4 Å². The summed E-state index contributed by atoms with van der Waals surface area (Å²) in [6, 6.07) is 4.48. The van der Waals surface area contributed by atoms with Crippen LogP contribution in [0.4, 0.5) is 0 Å². The number of aryl methyl sites for hydroxylation is 1. The first-order chi connectivity index (χ1) is 21.2. The van der Waals surface area contributed by atoms with Crippen molar-refractivity contribution in [3.05, 3.63) is 29.5 Å². The molecule has 0 bridgehead atoms. The second-order valence-electron chi connectivity index (χ2n) is 12.2. The van der Waals surface area contributed by atoms with Gasteiger partial charge in [0.15, 0.2) is 0 Å². The Bertz CT molecular complexity index is 1390. The van der Waals surface area contributed by atoms with E-state index in [1.54, 1.807) is 60.6 Å². The van der Waals surface area contributed by atoms with E-state index in [9.17, 15) is 19.2 Å². The highest BCUT2D eigenvalue weighted by Crippen LogP contribution is 2.32. The molecule has 44 heavy (non-hydrogen) atoms. The van der Waals surface area contributed by atoms with Gasteiger partial charge in [-0.15, -0.1) is 0 Å². The van der Waals surface area contributed by atoms with Gasteiger partial charge in [0.05, 0.1) is 30.3 Å². The van der Waals surface area contributed by atoms with Crippen molar-refractivity contribution < 1.29 is 28.7 Å². The predicted octanol–water partition coefficient (Wildman–Crippen LogP) is 1.62. The lowest BCUT2D eigenvalue weighted by atomic mass is 9.83. The van der Waals surface area contributed by atoms with E-state index >= 15 is 0 Å². The third-order valence-electron chi connectivity index (χ3n) is 9.68. The Morgan fingerprint density at radius 3 is 2.18 bits per heavy atom. The number of carbonyl (C=O) groups excluding carboxylic acids is 4. The number of benzene rings is 1. The number of methoxy groups -OCH3 is 2. The first kappa shape index (κ1) is 31.8. The topological polar surface area (TPSA) is 125 Å². The van der Waals surface area contributed by atoms with Crippen molar-refractivity contribution in [3.63, 3.8) is 0 Å². The standard InChI is InChI=1S/C32H46N6O6/c1-20(33-2)29(39)34-27(21-9-7-6-8-10-21)31(41)36-13-15-37(16-14-36)32(42)28-26(30(40)38-18-23(19-38)44-5)24-12-11-22(43-4)17-25(24)35(28)3/h11-12,17,20-21,23,27,33H,6-10,13-16,18-19H2,1-5H3,(H,34,39)/t20?,27-/m0/s1. The van der Waals surface area contributed by atoms with Gasteiger partial charge < -0.3 is 39.4 Å². The lowest BCUT2D eigenvalue weighted by Gasteiger charge is -2.39. The molecule has 3 fully saturated rings. The Balaban J connectivity index is 1.35. The number of hydrogen-bond donors (Lipinski definition) is 2. The number of amides is 4. The number of hydrogen-bond acceptors (Lipinski definition) is 7. The van der Waals surface area contributed by atoms with Gasteiger partial charge in [-0.3, -0.25) is 19.2 Å². The fourth-order valence-electron chi connectivity index (χ4n) is 6.66. The van der Waals surface area contributed by atoms with Crippen LogP contribution in [0.5, 0.6) is 5.75 Å². The van der Waals surface area contributed by atoms with Crippen molar-refractivity contribution in [3.8, 4) is 5.75 Å². The van der Waals surface area contributed by atoms with Crippen molar-refractivity contribution in [2.24, 2.45) is 13.0 Å². The van der Waals surface area contributed by atoms with Gasteiger partial charge in [-0.2, -0.15) is 0 Å². The molecule has 1 saturated carbocycles. The fraction of sp³-hybridized carbons (Fsp3) is 0.625. The lowest BCUT2D eigenvalue weighted by Crippen LogP contribution is -2.59. The smallest absolute Gasteiger partial charge is 0.271 e. The second kappa shape index (κ2) is 13.6. The summed E-state index contributed by atoms with van der Waals surface area (Å²) in [5.74, 6) is 0.0161. The van der Waals surface area contributed by atoms with Gasteiger partial charge in [-0.05, 0) is 44.9 Å². The SMILES string of the molecule is CNC(C)C(=O)N[C@H](C(=O)N1CCN(C(=O)c2c(C(=O)N3CC(OC)C3)c3ccc(OC)cc3n2C)CC1)C1CCCCC1. The summed E-state index contributed by atoms with van der Waals surface area (Å²) in [4.78, 5) is 59.8. The van der Waals surface area contributed by atoms with E-state index in [1.807, 2.05) is 12.1 Å². The Labute approximate surface area is 259 Å². The van der Waals surface area contributed by atoms with E-state index in [2.05, 4.69) is 10.6 Å². The lowest BCUT2D eigenvalue weighted by molar-refractivity contribution is -0.140. The van der Waals surface area contributed by atoms with Gasteiger partial charge in [-0.1, -0.05) is 19.3 Å². The van der Waals surface area contributed by atoms with Crippen LogP contribution >= 0.6 is 0 Å². The second-order valence-corrected chi connectivity index (χ2v) is 12.2. The van der Waals surface area contributed by atoms with Gasteiger partial charge in [-0.25, -0.2) is 0 Å². The van der Waals surface area contributed by atoms with E-state index < -0.39 is 12.1 Å². The van der Waals surface area contributed by atoms with E-state index in [4.69, 9.17) is 9.47 Å². The highest BCUT2D eigenvalue weighted by atomic mass is 16.5. The minimum Gasteiger partial charge on any atom is -0.497 e. The minimum atomic E-state index is -0.578. The number of ether oxygens (including phenoxy) is 2. The van der Waals surface area contributed by atoms with Gasteiger partial charge >= 0.3 is 0 Å². The summed E-state index contributed by atoms with van der Waals surface area (Å²) in [7, 11) is 6.73. The van der Waals surface area contributed by atoms with Crippen LogP contribution in [-0.4, -0.2) is 122 Å². The highest BCUT2D eigenvalue weighted by Gasteiger charge is 2.39. The first-order valence-electron chi connectivity index (χ1n) is 15.7. The molecule has 3 aliphatic rings. The molecule has 1 aliphatic carbocycles. The number of aromatic nitrogens is 1. The molecule has 2 aliphatic heterocycles. The number of nitrogens with one attached hydrogen (secondary N) is 2. The third-order valence-corrected chi connectivity index (χ3v) is 9.68. The van der Waals surface area contributed by atoms with E-state index in [-0.39, 0.29) is 35.7 Å². The molecule has 2 N–H and O–H groups in total. The van der Waals surface area contributed by atoms with E-state index in [0.717, 1.165) is 37.6 Å². The summed E-state index contributed by atoms with van der Waals surface area (Å²) in [6.45, 7) is 4.10. The number of likely N-dealkylation sites (tertiary alicyclic amines) is 1. The molecule has 2 atom stereocenters. The maximum atomic E-state index is 14.1. The molecule has 240 valence electrons. The van der Waals surface area contributed by atoms with Crippen LogP contribution in [0, 0.1) is 5.92 Å². The van der Waals surface area contributed by atoms with Crippen molar-refractivity contribution in [2.45, 2.75) is 57.2 Å². The zero-order valence-electron chi connectivity index (χ0n) is 26.6. The molecule has 3 heterocycles. The molecule has 0 radical (unpaired) electrons. The average Bonchev–Trinajstić information content (AvgIpc) is 3.33. The Morgan fingerprint density at radius 2 is 1.57 bits per heavy atom. The van der Waals surface area contributed by atoms with Crippen LogP contribution in [-0.2, 0) is 21.4 Å². The first-order valence-corrected chi connectivity index (χ1v) is 15.7. The summed E-state index contributed by atoms with van der Waals surface area (Å²) >= 11 is 0. The molecular weight excluding hydrogens is 564 g/mol. The zero-order chi connectivity index (χ0) is 31.5. The number of carbonyl (C=O) groups is 4. The van der Waals surface area contributed by atoms with Crippen LogP contribution in [0.3, 0.4) is 0 Å². The molecule has 1 unspecified atom stereocenters. The molecule has 2 saturated heterocycles. The van der Waals surface area contributed by atoms with Gasteiger partial charge in [0, 0.05) is 64.9 Å². The van der Waals surface area contributed by atoms with Gasteiger partial charge in [0.1, 0.15) is 17.5 Å². The highest BCUT2D eigenvalue weighted by molar-refractivity contribution is 6.16. The van der Waals surface area contributed by atoms with Gasteiger partial charge in [0.25, 0.3) is 11.8 Å². The van der Waals surface area contributed by atoms with Gasteiger partial charge in [0.2, 0.25) is 11.8 Å². The number of piperazine rings is 1. The predicted molar refractivity (Wildman–Crippen MR) is 166 cm³/mol. The number of likely N-dealkylation sites (N-methyl/N-ethyl adjacent to an activating group) is 1. The van der Waals surface area contributed by atoms with Crippen molar-refractivity contribution in [2.75, 3.05) is 60.5 Å². The summed E-state index contributed by atoms with van der Waals surface area (Å²) in [5.41, 5.74) is 1.43. The van der Waals surface area contributed by atoms with Crippen molar-refractivity contribution in [1.29, 1.82) is 0 Å². The van der Waals surface area contributed by atoms with Crippen molar-refractivity contribution >= 4 is 34.5 Å². The van der Waals surface area contributed by atoms with Crippen LogP contribution in [0.1, 0.15) is 59.9 Å². The summed E-state index contributed by atoms with van der Waals surface area (Å²) < 4.78 is 12.6. The van der Waals surface area contributed by atoms with Crippen molar-refractivity contribution in [1.82, 2.24) is 29.9 Å². The number of rotatable bonds is 9. The molecule has 1 aromatic carbocycles. The van der Waals surface area contributed by atoms with E-state index in [1.165, 1.54) is 0 Å². The maximum Gasteiger partial charge on any atom is 0.271 e. The summed E-state index contributed by atoms with van der Waals surface area (Å²) in [5, 5.41) is 6.68. The molecule has 4 amide bonds. The number of nitrogens with zero attached hydrogens (tertiary/aromatic N) is 4. The normalized spacial score (nSPS) is 19.4. The molecule has 2 aromatic rings. The molecule has 12 heteroatoms. The number of fused-ring (bicyclic) bond motifs is 1. The third kappa shape index (κ3) is 6.14. The zero-order valence-corrected chi connectivity index (χ0v) is 26.6. The maximum absolute atomic E-state index is 14.1. The summed E-state index contributed by atoms with van der Waals surface area (Å²) in [6.07, 6.45) is 5.06. The Morgan fingerprint density at radius 1 is 0.909 bits per heavy atom. The van der Waals surface area contributed by atoms with Crippen LogP contribution in [0.25, 0.3) is 10.9 Å². The van der Waals surface area contributed by atoms with E-state index in [0.29, 0.717) is 61.7 Å². The monoisotopic (exact) mass is 610 g/mol. The molecule has 12 nitrogen and oxygen atoms in total. The Kier molecular flexibility index (Phi) is 9.79. The molecule has 5 rings (SSSR count). The quantitative estimate of drug-likeness (QED) is 0.442. The fourth-order valence-corrected chi connectivity index (χ4v) is 6.66. The molecule has 0 spiro atoms. The Hall–Kier alpha value is -3.64. The average molecular weight is 611 g/mol. The molecule has 1 aromatic heterocycles. The minimum absolute atomic E-state index is 0.0116.